The van der Waals surface area contributed by atoms with E-state index in [-0.39, 0.29) is 6.10 Å². The van der Waals surface area contributed by atoms with Gasteiger partial charge >= 0.3 is 0 Å². The van der Waals surface area contributed by atoms with Gasteiger partial charge in [0.2, 0.25) is 0 Å². The molecule has 0 amide bonds. The van der Waals surface area contributed by atoms with E-state index in [1.165, 1.54) is 31.9 Å². The zero-order valence-corrected chi connectivity index (χ0v) is 9.65. The third kappa shape index (κ3) is 1.72. The largest absolute Gasteiger partial charge is 0.486 e. The van der Waals surface area contributed by atoms with Crippen molar-refractivity contribution in [2.75, 3.05) is 5.73 Å². The molecule has 88 valence electrons. The minimum absolute atomic E-state index is 0.264. The lowest BCUT2D eigenvalue weighted by molar-refractivity contribution is 0.146. The Hall–Kier alpha value is -1.76. The lowest BCUT2D eigenvalue weighted by Crippen LogP contribution is -2.23. The van der Waals surface area contributed by atoms with E-state index >= 15 is 0 Å². The predicted octanol–water partition coefficient (Wildman–Crippen LogP) is 2.25. The SMILES string of the molecule is N#Cc1cnc(N)c(OC2CCCC23CC3)c1. The van der Waals surface area contributed by atoms with Gasteiger partial charge in [-0.05, 0) is 32.1 Å². The van der Waals surface area contributed by atoms with Crippen LogP contribution in [0.4, 0.5) is 5.82 Å². The summed E-state index contributed by atoms with van der Waals surface area (Å²) in [5.74, 6) is 0.953. The Bertz CT molecular complexity index is 488. The lowest BCUT2D eigenvalue weighted by atomic mass is 10.0. The second kappa shape index (κ2) is 3.63. The molecule has 0 radical (unpaired) electrons. The van der Waals surface area contributed by atoms with Gasteiger partial charge < -0.3 is 10.5 Å². The lowest BCUT2D eigenvalue weighted by Gasteiger charge is -2.21. The van der Waals surface area contributed by atoms with Crippen molar-refractivity contribution in [2.45, 2.75) is 38.2 Å². The van der Waals surface area contributed by atoms with Crippen LogP contribution < -0.4 is 10.5 Å². The summed E-state index contributed by atoms with van der Waals surface area (Å²) in [6.07, 6.45) is 7.87. The second-order valence-corrected chi connectivity index (χ2v) is 5.08. The van der Waals surface area contributed by atoms with Crippen LogP contribution in [0.3, 0.4) is 0 Å². The van der Waals surface area contributed by atoms with Crippen molar-refractivity contribution >= 4 is 5.82 Å². The van der Waals surface area contributed by atoms with Gasteiger partial charge in [-0.1, -0.05) is 0 Å². The molecule has 1 aromatic rings. The van der Waals surface area contributed by atoms with Crippen LogP contribution in [-0.2, 0) is 0 Å². The summed E-state index contributed by atoms with van der Waals surface area (Å²) in [5.41, 5.74) is 6.69. The van der Waals surface area contributed by atoms with Crippen LogP contribution >= 0.6 is 0 Å². The maximum Gasteiger partial charge on any atom is 0.166 e. The highest BCUT2D eigenvalue weighted by Gasteiger charge is 2.53. The topological polar surface area (TPSA) is 71.9 Å². The maximum atomic E-state index is 8.84. The Morgan fingerprint density at radius 1 is 1.47 bits per heavy atom. The fourth-order valence-corrected chi connectivity index (χ4v) is 2.79. The summed E-state index contributed by atoms with van der Waals surface area (Å²) in [4.78, 5) is 3.99. The first-order chi connectivity index (χ1) is 8.23. The van der Waals surface area contributed by atoms with Crippen molar-refractivity contribution in [3.63, 3.8) is 0 Å². The molecule has 1 aromatic heterocycles. The van der Waals surface area contributed by atoms with Gasteiger partial charge in [0.05, 0.1) is 5.56 Å². The highest BCUT2D eigenvalue weighted by molar-refractivity contribution is 5.49. The van der Waals surface area contributed by atoms with Crippen molar-refractivity contribution in [1.82, 2.24) is 4.98 Å². The summed E-state index contributed by atoms with van der Waals surface area (Å²) >= 11 is 0. The average molecular weight is 229 g/mol. The number of aromatic nitrogens is 1. The molecular weight excluding hydrogens is 214 g/mol. The molecule has 2 aliphatic rings. The van der Waals surface area contributed by atoms with Crippen LogP contribution in [0.15, 0.2) is 12.3 Å². The molecule has 2 fully saturated rings. The van der Waals surface area contributed by atoms with Crippen LogP contribution in [0.2, 0.25) is 0 Å². The molecule has 1 atom stereocenters. The van der Waals surface area contributed by atoms with Gasteiger partial charge in [0.1, 0.15) is 12.2 Å². The van der Waals surface area contributed by atoms with Crippen molar-refractivity contribution in [3.05, 3.63) is 17.8 Å². The zero-order valence-electron chi connectivity index (χ0n) is 9.65. The first-order valence-corrected chi connectivity index (χ1v) is 6.06. The van der Waals surface area contributed by atoms with Crippen LogP contribution in [-0.4, -0.2) is 11.1 Å². The molecule has 17 heavy (non-hydrogen) atoms. The molecule has 0 aliphatic heterocycles. The van der Waals surface area contributed by atoms with Gasteiger partial charge in [0.25, 0.3) is 0 Å². The van der Waals surface area contributed by atoms with Crippen LogP contribution in [0.5, 0.6) is 5.75 Å². The molecule has 3 rings (SSSR count). The van der Waals surface area contributed by atoms with E-state index < -0.39 is 0 Å². The van der Waals surface area contributed by atoms with Crippen LogP contribution in [0.1, 0.15) is 37.7 Å². The molecule has 2 saturated carbocycles. The number of pyridine rings is 1. The number of anilines is 1. The summed E-state index contributed by atoms with van der Waals surface area (Å²) < 4.78 is 5.99. The summed E-state index contributed by atoms with van der Waals surface area (Å²) in [6, 6.07) is 3.75. The Morgan fingerprint density at radius 3 is 3.00 bits per heavy atom. The number of nitrogens with two attached hydrogens (primary N) is 1. The number of rotatable bonds is 2. The number of nitrogen functional groups attached to an aromatic ring is 1. The average Bonchev–Trinajstić information content (AvgIpc) is 3.00. The number of nitriles is 1. The molecule has 2 aliphatic carbocycles. The molecule has 0 aromatic carbocycles. The first kappa shape index (κ1) is 10.4. The monoisotopic (exact) mass is 229 g/mol. The van der Waals surface area contributed by atoms with Crippen molar-refractivity contribution in [1.29, 1.82) is 5.26 Å². The van der Waals surface area contributed by atoms with Gasteiger partial charge in [-0.3, -0.25) is 0 Å². The number of nitrogens with zero attached hydrogens (tertiary/aromatic N) is 2. The molecule has 1 heterocycles. The Balaban J connectivity index is 1.83. The van der Waals surface area contributed by atoms with E-state index in [0.717, 1.165) is 6.42 Å². The Morgan fingerprint density at radius 2 is 2.29 bits per heavy atom. The Kier molecular flexibility index (Phi) is 2.22. The molecule has 1 unspecified atom stereocenters. The molecule has 2 N–H and O–H groups in total. The Labute approximate surface area is 100 Å². The first-order valence-electron chi connectivity index (χ1n) is 6.06. The van der Waals surface area contributed by atoms with Gasteiger partial charge in [0.15, 0.2) is 11.6 Å². The minimum Gasteiger partial charge on any atom is -0.486 e. The zero-order chi connectivity index (χ0) is 11.9. The molecule has 4 nitrogen and oxygen atoms in total. The third-order valence-corrected chi connectivity index (χ3v) is 4.00. The van der Waals surface area contributed by atoms with Gasteiger partial charge in [-0.15, -0.1) is 0 Å². The second-order valence-electron chi connectivity index (χ2n) is 5.08. The van der Waals surface area contributed by atoms with Crippen LogP contribution in [0.25, 0.3) is 0 Å². The van der Waals surface area contributed by atoms with E-state index in [9.17, 15) is 0 Å². The van der Waals surface area contributed by atoms with Crippen molar-refractivity contribution in [3.8, 4) is 11.8 Å². The fraction of sp³-hybridized carbons (Fsp3) is 0.538. The summed E-state index contributed by atoms with van der Waals surface area (Å²) in [5, 5.41) is 8.84. The normalized spacial score (nSPS) is 24.5. The molecular formula is C13H15N3O. The number of ether oxygens (including phenoxy) is 1. The predicted molar refractivity (Wildman–Crippen MR) is 63.3 cm³/mol. The quantitative estimate of drug-likeness (QED) is 0.844. The minimum atomic E-state index is 0.264. The smallest absolute Gasteiger partial charge is 0.166 e. The van der Waals surface area contributed by atoms with Gasteiger partial charge in [-0.25, -0.2) is 4.98 Å². The van der Waals surface area contributed by atoms with Crippen LogP contribution in [0, 0.1) is 16.7 Å². The fourth-order valence-electron chi connectivity index (χ4n) is 2.79. The third-order valence-electron chi connectivity index (χ3n) is 4.00. The maximum absolute atomic E-state index is 8.84. The van der Waals surface area contributed by atoms with E-state index in [1.54, 1.807) is 6.07 Å². The standard InChI is InChI=1S/C13H15N3O/c14-7-9-6-10(12(15)16-8-9)17-11-2-1-3-13(11)4-5-13/h6,8,11H,1-5H2,(H2,15,16). The van der Waals surface area contributed by atoms with E-state index in [0.29, 0.717) is 22.5 Å². The van der Waals surface area contributed by atoms with E-state index in [2.05, 4.69) is 11.1 Å². The van der Waals surface area contributed by atoms with Gasteiger partial charge in [0, 0.05) is 17.7 Å². The number of hydrogen-bond donors (Lipinski definition) is 1. The van der Waals surface area contributed by atoms with Crippen molar-refractivity contribution in [2.24, 2.45) is 5.41 Å². The number of hydrogen-bond acceptors (Lipinski definition) is 4. The van der Waals surface area contributed by atoms with E-state index in [4.69, 9.17) is 15.7 Å². The van der Waals surface area contributed by atoms with Gasteiger partial charge in [-0.2, -0.15) is 5.26 Å². The summed E-state index contributed by atoms with van der Waals surface area (Å²) in [6.45, 7) is 0. The molecule has 1 spiro atoms. The van der Waals surface area contributed by atoms with Crippen molar-refractivity contribution < 1.29 is 4.74 Å². The van der Waals surface area contributed by atoms with E-state index in [1.807, 2.05) is 0 Å². The molecule has 0 saturated heterocycles. The summed E-state index contributed by atoms with van der Waals surface area (Å²) in [7, 11) is 0. The molecule has 0 bridgehead atoms. The highest BCUT2D eigenvalue weighted by Crippen LogP contribution is 2.58. The molecule has 4 heteroatoms. The highest BCUT2D eigenvalue weighted by atomic mass is 16.5.